The summed E-state index contributed by atoms with van der Waals surface area (Å²) in [4.78, 5) is 15.2. The normalized spacial score (nSPS) is 18.7. The Kier molecular flexibility index (Phi) is 4.84. The van der Waals surface area contributed by atoms with E-state index in [0.717, 1.165) is 43.9 Å². The van der Waals surface area contributed by atoms with Crippen molar-refractivity contribution in [3.05, 3.63) is 34.7 Å². The minimum absolute atomic E-state index is 0.0451. The molecule has 3 rings (SSSR count). The summed E-state index contributed by atoms with van der Waals surface area (Å²) in [5.41, 5.74) is 0.786. The Morgan fingerprint density at radius 3 is 3.27 bits per heavy atom. The Balaban J connectivity index is 1.45. The molecule has 3 heterocycles. The van der Waals surface area contributed by atoms with Crippen molar-refractivity contribution in [3.63, 3.8) is 0 Å². The van der Waals surface area contributed by atoms with Gasteiger partial charge >= 0.3 is 0 Å². The zero-order valence-electron chi connectivity index (χ0n) is 12.6. The van der Waals surface area contributed by atoms with Gasteiger partial charge in [0.1, 0.15) is 10.6 Å². The fourth-order valence-electron chi connectivity index (χ4n) is 2.78. The molecule has 7 heteroatoms. The van der Waals surface area contributed by atoms with E-state index >= 15 is 0 Å². The first-order valence-electron chi connectivity index (χ1n) is 7.60. The molecule has 1 saturated heterocycles. The number of carbonyl (C=O) groups excluding carboxylic acids is 1. The molecule has 2 aromatic heterocycles. The third-order valence-electron chi connectivity index (χ3n) is 3.98. The molecule has 22 heavy (non-hydrogen) atoms. The number of hydrogen-bond acceptors (Lipinski definition) is 6. The van der Waals surface area contributed by atoms with Crippen LogP contribution in [0.15, 0.2) is 22.8 Å². The van der Waals surface area contributed by atoms with Gasteiger partial charge in [-0.2, -0.15) is 0 Å². The summed E-state index contributed by atoms with van der Waals surface area (Å²) in [5, 5.41) is 7.00. The minimum Gasteiger partial charge on any atom is -0.468 e. The minimum atomic E-state index is -0.0451. The first-order valence-corrected chi connectivity index (χ1v) is 8.37. The smallest absolute Gasteiger partial charge is 0.264 e. The number of furan rings is 1. The molecule has 0 spiro atoms. The molecule has 0 aromatic carbocycles. The highest BCUT2D eigenvalue weighted by Gasteiger charge is 2.24. The summed E-state index contributed by atoms with van der Waals surface area (Å²) in [5.74, 6) is 1.44. The van der Waals surface area contributed by atoms with E-state index in [0.29, 0.717) is 17.3 Å². The third-order valence-corrected chi connectivity index (χ3v) is 4.74. The van der Waals surface area contributed by atoms with Crippen LogP contribution in [0.4, 0.5) is 0 Å². The Hall–Kier alpha value is -1.73. The molecule has 1 aliphatic heterocycles. The highest BCUT2D eigenvalue weighted by atomic mass is 32.1. The topological polar surface area (TPSA) is 71.3 Å². The molecule has 118 valence electrons. The Morgan fingerprint density at radius 1 is 1.59 bits per heavy atom. The van der Waals surface area contributed by atoms with Gasteiger partial charge in [-0.1, -0.05) is 11.4 Å². The van der Waals surface area contributed by atoms with Gasteiger partial charge in [-0.3, -0.25) is 9.69 Å². The van der Waals surface area contributed by atoms with Gasteiger partial charge in [0.25, 0.3) is 5.91 Å². The number of aryl methyl sites for hydroxylation is 1. The number of rotatable bonds is 6. The molecule has 0 radical (unpaired) electrons. The van der Waals surface area contributed by atoms with E-state index in [4.69, 9.17) is 4.42 Å². The van der Waals surface area contributed by atoms with Crippen molar-refractivity contribution in [2.75, 3.05) is 19.6 Å². The number of carbonyl (C=O) groups is 1. The zero-order chi connectivity index (χ0) is 15.4. The monoisotopic (exact) mass is 320 g/mol. The fourth-order valence-corrected chi connectivity index (χ4v) is 3.44. The van der Waals surface area contributed by atoms with Gasteiger partial charge in [-0.05, 0) is 49.0 Å². The Labute approximate surface area is 133 Å². The summed E-state index contributed by atoms with van der Waals surface area (Å²) >= 11 is 1.17. The number of likely N-dealkylation sites (tertiary alicyclic amines) is 1. The molecule has 1 fully saturated rings. The van der Waals surface area contributed by atoms with Crippen molar-refractivity contribution in [2.45, 2.75) is 26.3 Å². The quantitative estimate of drug-likeness (QED) is 0.881. The summed E-state index contributed by atoms with van der Waals surface area (Å²) in [7, 11) is 0. The van der Waals surface area contributed by atoms with Crippen LogP contribution in [0.25, 0.3) is 0 Å². The summed E-state index contributed by atoms with van der Waals surface area (Å²) in [6, 6.07) is 3.91. The highest BCUT2D eigenvalue weighted by Crippen LogP contribution is 2.19. The Morgan fingerprint density at radius 2 is 2.50 bits per heavy atom. The lowest BCUT2D eigenvalue weighted by atomic mass is 10.1. The molecule has 0 aliphatic carbocycles. The summed E-state index contributed by atoms with van der Waals surface area (Å²) in [6.45, 7) is 5.56. The van der Waals surface area contributed by atoms with Gasteiger partial charge in [0.05, 0.1) is 18.5 Å². The number of hydrogen-bond donors (Lipinski definition) is 1. The van der Waals surface area contributed by atoms with E-state index in [1.165, 1.54) is 11.5 Å². The average molecular weight is 320 g/mol. The van der Waals surface area contributed by atoms with Gasteiger partial charge in [0, 0.05) is 13.1 Å². The summed E-state index contributed by atoms with van der Waals surface area (Å²) < 4.78 is 9.24. The lowest BCUT2D eigenvalue weighted by Gasteiger charge is -2.14. The van der Waals surface area contributed by atoms with Crippen LogP contribution in [0.5, 0.6) is 0 Å². The van der Waals surface area contributed by atoms with Crippen molar-refractivity contribution in [3.8, 4) is 0 Å². The predicted octanol–water partition coefficient (Wildman–Crippen LogP) is 1.95. The molecule has 6 nitrogen and oxygen atoms in total. The SMILES string of the molecule is CCc1nnsc1C(=O)NC[C@@H]1CCN(Cc2ccco2)C1. The molecule has 1 amide bonds. The van der Waals surface area contributed by atoms with E-state index in [1.54, 1.807) is 6.26 Å². The molecular weight excluding hydrogens is 300 g/mol. The maximum atomic E-state index is 12.2. The number of aromatic nitrogens is 2. The van der Waals surface area contributed by atoms with Gasteiger partial charge in [-0.25, -0.2) is 0 Å². The van der Waals surface area contributed by atoms with Gasteiger partial charge in [-0.15, -0.1) is 5.10 Å². The van der Waals surface area contributed by atoms with E-state index in [-0.39, 0.29) is 5.91 Å². The lowest BCUT2D eigenvalue weighted by Crippen LogP contribution is -2.31. The van der Waals surface area contributed by atoms with Crippen LogP contribution < -0.4 is 5.32 Å². The van der Waals surface area contributed by atoms with E-state index in [9.17, 15) is 4.79 Å². The lowest BCUT2D eigenvalue weighted by molar-refractivity contribution is 0.0950. The molecule has 0 bridgehead atoms. The summed E-state index contributed by atoms with van der Waals surface area (Å²) in [6.07, 6.45) is 3.54. The Bertz CT molecular complexity index is 611. The number of amides is 1. The van der Waals surface area contributed by atoms with E-state index in [2.05, 4.69) is 19.8 Å². The maximum absolute atomic E-state index is 12.2. The second kappa shape index (κ2) is 7.02. The van der Waals surface area contributed by atoms with Crippen LogP contribution >= 0.6 is 11.5 Å². The molecule has 1 atom stereocenters. The van der Waals surface area contributed by atoms with Gasteiger partial charge in [0.2, 0.25) is 0 Å². The van der Waals surface area contributed by atoms with Crippen LogP contribution in [-0.2, 0) is 13.0 Å². The van der Waals surface area contributed by atoms with Crippen LogP contribution in [0.2, 0.25) is 0 Å². The second-order valence-corrected chi connectivity index (χ2v) is 6.34. The van der Waals surface area contributed by atoms with E-state index in [1.807, 2.05) is 19.1 Å². The van der Waals surface area contributed by atoms with Gasteiger partial charge in [0.15, 0.2) is 0 Å². The van der Waals surface area contributed by atoms with Crippen LogP contribution in [-0.4, -0.2) is 40.0 Å². The maximum Gasteiger partial charge on any atom is 0.264 e. The standard InChI is InChI=1S/C15H20N4O2S/c1-2-13-14(22-18-17-13)15(20)16-8-11-5-6-19(9-11)10-12-4-3-7-21-12/h3-4,7,11H,2,5-6,8-10H2,1H3,(H,16,20)/t11-/m0/s1. The third kappa shape index (κ3) is 3.53. The van der Waals surface area contributed by atoms with Crippen LogP contribution in [0.3, 0.4) is 0 Å². The molecule has 0 saturated carbocycles. The predicted molar refractivity (Wildman–Crippen MR) is 83.7 cm³/mol. The van der Waals surface area contributed by atoms with Crippen molar-refractivity contribution in [1.29, 1.82) is 0 Å². The second-order valence-electron chi connectivity index (χ2n) is 5.58. The van der Waals surface area contributed by atoms with Crippen LogP contribution in [0.1, 0.15) is 34.5 Å². The molecule has 2 aromatic rings. The highest BCUT2D eigenvalue weighted by molar-refractivity contribution is 7.08. The fraction of sp³-hybridized carbons (Fsp3) is 0.533. The molecular formula is C15H20N4O2S. The first kappa shape index (κ1) is 15.2. The molecule has 1 N–H and O–H groups in total. The largest absolute Gasteiger partial charge is 0.468 e. The van der Waals surface area contributed by atoms with Crippen LogP contribution in [0, 0.1) is 5.92 Å². The van der Waals surface area contributed by atoms with Gasteiger partial charge < -0.3 is 9.73 Å². The number of nitrogens with one attached hydrogen (secondary N) is 1. The zero-order valence-corrected chi connectivity index (χ0v) is 13.4. The van der Waals surface area contributed by atoms with Crippen molar-refractivity contribution in [1.82, 2.24) is 19.8 Å². The van der Waals surface area contributed by atoms with E-state index < -0.39 is 0 Å². The van der Waals surface area contributed by atoms with Crippen molar-refractivity contribution in [2.24, 2.45) is 5.92 Å². The molecule has 1 aliphatic rings. The average Bonchev–Trinajstić information content (AvgIpc) is 3.26. The van der Waals surface area contributed by atoms with Crippen molar-refractivity contribution >= 4 is 17.4 Å². The molecule has 0 unspecified atom stereocenters. The first-order chi connectivity index (χ1) is 10.8. The van der Waals surface area contributed by atoms with Crippen molar-refractivity contribution < 1.29 is 9.21 Å². The number of nitrogens with zero attached hydrogens (tertiary/aromatic N) is 3.